The van der Waals surface area contributed by atoms with Gasteiger partial charge in [-0.2, -0.15) is 0 Å². The lowest BCUT2D eigenvalue weighted by Crippen LogP contribution is -2.34. The molecule has 0 bridgehead atoms. The number of aromatic amines is 1. The number of nitrogens with two attached hydrogens (primary N) is 1. The quantitative estimate of drug-likeness (QED) is 0.757. The standard InChI is InChI=1S/C13H17N3O/c1-8(9(2)14)13(17)16-11-3-4-12-10(7-11)5-6-15-12/h3-9,15H,14H2,1-2H3,(H,16,17). The van der Waals surface area contributed by atoms with Crippen LogP contribution in [0.5, 0.6) is 0 Å². The highest BCUT2D eigenvalue weighted by Crippen LogP contribution is 2.18. The Bertz CT molecular complexity index is 530. The normalized spacial score (nSPS) is 14.5. The number of hydrogen-bond donors (Lipinski definition) is 3. The Kier molecular flexibility index (Phi) is 3.15. The Labute approximate surface area is 100 Å². The van der Waals surface area contributed by atoms with E-state index in [2.05, 4.69) is 10.3 Å². The average molecular weight is 231 g/mol. The number of nitrogens with one attached hydrogen (secondary N) is 2. The van der Waals surface area contributed by atoms with Crippen molar-refractivity contribution in [1.29, 1.82) is 0 Å². The fourth-order valence-electron chi connectivity index (χ4n) is 1.63. The van der Waals surface area contributed by atoms with Gasteiger partial charge in [0.15, 0.2) is 0 Å². The number of rotatable bonds is 3. The Balaban J connectivity index is 2.15. The van der Waals surface area contributed by atoms with Crippen molar-refractivity contribution >= 4 is 22.5 Å². The maximum absolute atomic E-state index is 11.8. The van der Waals surface area contributed by atoms with Crippen LogP contribution in [0.2, 0.25) is 0 Å². The molecule has 1 aromatic heterocycles. The number of H-pyrrole nitrogens is 1. The van der Waals surface area contributed by atoms with E-state index in [0.717, 1.165) is 16.6 Å². The Morgan fingerprint density at radius 2 is 2.12 bits per heavy atom. The second kappa shape index (κ2) is 4.59. The molecule has 0 aliphatic heterocycles. The zero-order valence-corrected chi connectivity index (χ0v) is 10.0. The molecule has 4 nitrogen and oxygen atoms in total. The zero-order chi connectivity index (χ0) is 12.4. The fraction of sp³-hybridized carbons (Fsp3) is 0.308. The van der Waals surface area contributed by atoms with Crippen LogP contribution in [0.3, 0.4) is 0 Å². The van der Waals surface area contributed by atoms with Crippen molar-refractivity contribution in [3.63, 3.8) is 0 Å². The van der Waals surface area contributed by atoms with Crippen LogP contribution in [-0.2, 0) is 4.79 Å². The predicted molar refractivity (Wildman–Crippen MR) is 69.7 cm³/mol. The van der Waals surface area contributed by atoms with Crippen LogP contribution in [0.4, 0.5) is 5.69 Å². The minimum absolute atomic E-state index is 0.0464. The number of benzene rings is 1. The Morgan fingerprint density at radius 1 is 1.35 bits per heavy atom. The van der Waals surface area contributed by atoms with Gasteiger partial charge in [0.05, 0.1) is 5.92 Å². The number of fused-ring (bicyclic) bond motifs is 1. The number of aromatic nitrogens is 1. The van der Waals surface area contributed by atoms with Gasteiger partial charge in [0.25, 0.3) is 0 Å². The van der Waals surface area contributed by atoms with Gasteiger partial charge in [-0.1, -0.05) is 6.92 Å². The monoisotopic (exact) mass is 231 g/mol. The first kappa shape index (κ1) is 11.7. The molecule has 1 heterocycles. The highest BCUT2D eigenvalue weighted by Gasteiger charge is 2.16. The molecular formula is C13H17N3O. The van der Waals surface area contributed by atoms with Crippen LogP contribution in [0.25, 0.3) is 10.9 Å². The molecule has 0 spiro atoms. The lowest BCUT2D eigenvalue weighted by molar-refractivity contribution is -0.119. The predicted octanol–water partition coefficient (Wildman–Crippen LogP) is 2.09. The van der Waals surface area contributed by atoms with Crippen LogP contribution in [0, 0.1) is 5.92 Å². The van der Waals surface area contributed by atoms with Gasteiger partial charge in [-0.15, -0.1) is 0 Å². The van der Waals surface area contributed by atoms with Gasteiger partial charge >= 0.3 is 0 Å². The van der Waals surface area contributed by atoms with E-state index in [1.807, 2.05) is 44.3 Å². The summed E-state index contributed by atoms with van der Waals surface area (Å²) in [4.78, 5) is 14.9. The van der Waals surface area contributed by atoms with E-state index in [-0.39, 0.29) is 17.9 Å². The third-order valence-corrected chi connectivity index (χ3v) is 3.02. The van der Waals surface area contributed by atoms with E-state index >= 15 is 0 Å². The minimum Gasteiger partial charge on any atom is -0.361 e. The van der Waals surface area contributed by atoms with Crippen molar-refractivity contribution in [2.75, 3.05) is 5.32 Å². The molecule has 17 heavy (non-hydrogen) atoms. The van der Waals surface area contributed by atoms with Crippen LogP contribution in [0.15, 0.2) is 30.5 Å². The molecule has 0 saturated heterocycles. The smallest absolute Gasteiger partial charge is 0.228 e. The van der Waals surface area contributed by atoms with Crippen LogP contribution in [-0.4, -0.2) is 16.9 Å². The first-order chi connectivity index (χ1) is 8.08. The SMILES string of the molecule is CC(N)C(C)C(=O)Nc1ccc2[nH]ccc2c1. The summed E-state index contributed by atoms with van der Waals surface area (Å²) in [6.45, 7) is 3.66. The zero-order valence-electron chi connectivity index (χ0n) is 10.0. The minimum atomic E-state index is -0.197. The summed E-state index contributed by atoms with van der Waals surface area (Å²) in [5.41, 5.74) is 7.56. The molecule has 2 unspecified atom stereocenters. The van der Waals surface area contributed by atoms with E-state index in [0.29, 0.717) is 0 Å². The second-order valence-electron chi connectivity index (χ2n) is 4.42. The molecule has 2 rings (SSSR count). The lowest BCUT2D eigenvalue weighted by Gasteiger charge is -2.15. The highest BCUT2D eigenvalue weighted by molar-refractivity contribution is 5.95. The van der Waals surface area contributed by atoms with Crippen molar-refractivity contribution in [2.45, 2.75) is 19.9 Å². The van der Waals surface area contributed by atoms with Gasteiger partial charge in [-0.3, -0.25) is 4.79 Å². The van der Waals surface area contributed by atoms with Gasteiger partial charge in [0, 0.05) is 28.8 Å². The van der Waals surface area contributed by atoms with E-state index < -0.39 is 0 Å². The highest BCUT2D eigenvalue weighted by atomic mass is 16.1. The van der Waals surface area contributed by atoms with Gasteiger partial charge < -0.3 is 16.0 Å². The molecule has 0 radical (unpaired) electrons. The Morgan fingerprint density at radius 3 is 2.82 bits per heavy atom. The maximum Gasteiger partial charge on any atom is 0.228 e. The van der Waals surface area contributed by atoms with Gasteiger partial charge in [-0.05, 0) is 31.2 Å². The summed E-state index contributed by atoms with van der Waals surface area (Å²) in [7, 11) is 0. The second-order valence-corrected chi connectivity index (χ2v) is 4.42. The van der Waals surface area contributed by atoms with E-state index in [4.69, 9.17) is 5.73 Å². The molecule has 1 aromatic carbocycles. The fourth-order valence-corrected chi connectivity index (χ4v) is 1.63. The van der Waals surface area contributed by atoms with Gasteiger partial charge in [0.1, 0.15) is 0 Å². The summed E-state index contributed by atoms with van der Waals surface area (Å²) < 4.78 is 0. The lowest BCUT2D eigenvalue weighted by atomic mass is 10.0. The molecule has 90 valence electrons. The molecule has 4 N–H and O–H groups in total. The van der Waals surface area contributed by atoms with Crippen LogP contribution < -0.4 is 11.1 Å². The van der Waals surface area contributed by atoms with Crippen LogP contribution in [0.1, 0.15) is 13.8 Å². The van der Waals surface area contributed by atoms with E-state index in [1.165, 1.54) is 0 Å². The number of carbonyl (C=O) groups excluding carboxylic acids is 1. The first-order valence-electron chi connectivity index (χ1n) is 5.71. The maximum atomic E-state index is 11.8. The molecular weight excluding hydrogens is 214 g/mol. The summed E-state index contributed by atoms with van der Waals surface area (Å²) in [6.07, 6.45) is 1.88. The van der Waals surface area contributed by atoms with Crippen molar-refractivity contribution in [1.82, 2.24) is 4.98 Å². The molecule has 2 atom stereocenters. The first-order valence-corrected chi connectivity index (χ1v) is 5.71. The molecule has 0 aliphatic rings. The van der Waals surface area contributed by atoms with Crippen molar-refractivity contribution in [3.8, 4) is 0 Å². The number of carbonyl (C=O) groups is 1. The van der Waals surface area contributed by atoms with Crippen molar-refractivity contribution < 1.29 is 4.79 Å². The summed E-state index contributed by atoms with van der Waals surface area (Å²) in [6, 6.07) is 7.59. The Hall–Kier alpha value is -1.81. The number of anilines is 1. The molecule has 1 amide bonds. The van der Waals surface area contributed by atoms with E-state index in [9.17, 15) is 4.79 Å². The largest absolute Gasteiger partial charge is 0.361 e. The summed E-state index contributed by atoms with van der Waals surface area (Å²) in [5, 5.41) is 3.95. The van der Waals surface area contributed by atoms with Crippen LogP contribution >= 0.6 is 0 Å². The average Bonchev–Trinajstić information content (AvgIpc) is 2.74. The molecule has 4 heteroatoms. The molecule has 0 saturated carbocycles. The van der Waals surface area contributed by atoms with Gasteiger partial charge in [0.2, 0.25) is 5.91 Å². The third-order valence-electron chi connectivity index (χ3n) is 3.02. The number of amides is 1. The molecule has 2 aromatic rings. The third kappa shape index (κ3) is 2.47. The van der Waals surface area contributed by atoms with Crippen molar-refractivity contribution in [3.05, 3.63) is 30.5 Å². The topological polar surface area (TPSA) is 70.9 Å². The summed E-state index contributed by atoms with van der Waals surface area (Å²) in [5.74, 6) is -0.244. The molecule has 0 fully saturated rings. The van der Waals surface area contributed by atoms with Crippen molar-refractivity contribution in [2.24, 2.45) is 11.7 Å². The summed E-state index contributed by atoms with van der Waals surface area (Å²) >= 11 is 0. The van der Waals surface area contributed by atoms with E-state index in [1.54, 1.807) is 0 Å². The molecule has 0 aliphatic carbocycles. The van der Waals surface area contributed by atoms with Gasteiger partial charge in [-0.25, -0.2) is 0 Å². The number of hydrogen-bond acceptors (Lipinski definition) is 2.